The van der Waals surface area contributed by atoms with Crippen molar-refractivity contribution in [2.75, 3.05) is 0 Å². The van der Waals surface area contributed by atoms with E-state index >= 15 is 0 Å². The predicted octanol–water partition coefficient (Wildman–Crippen LogP) is 2.89. The van der Waals surface area contributed by atoms with E-state index in [1.165, 1.54) is 0 Å². The highest BCUT2D eigenvalue weighted by atomic mass is 79.9. The summed E-state index contributed by atoms with van der Waals surface area (Å²) in [4.78, 5) is 11.9. The van der Waals surface area contributed by atoms with Crippen molar-refractivity contribution in [2.45, 2.75) is 26.3 Å². The van der Waals surface area contributed by atoms with E-state index in [0.29, 0.717) is 17.3 Å². The zero-order chi connectivity index (χ0) is 13.8. The zero-order valence-corrected chi connectivity index (χ0v) is 12.3. The van der Waals surface area contributed by atoms with Crippen LogP contribution >= 0.6 is 15.9 Å². The Labute approximate surface area is 119 Å². The molecular weight excluding hydrogens is 310 g/mol. The Morgan fingerprint density at radius 1 is 1.42 bits per heavy atom. The van der Waals surface area contributed by atoms with Crippen LogP contribution in [0.25, 0.3) is 0 Å². The van der Waals surface area contributed by atoms with Gasteiger partial charge in [0, 0.05) is 16.0 Å². The fourth-order valence-corrected chi connectivity index (χ4v) is 1.86. The van der Waals surface area contributed by atoms with Crippen LogP contribution in [-0.2, 0) is 6.54 Å². The van der Waals surface area contributed by atoms with Gasteiger partial charge in [-0.3, -0.25) is 4.79 Å². The van der Waals surface area contributed by atoms with Gasteiger partial charge in [0.2, 0.25) is 11.8 Å². The van der Waals surface area contributed by atoms with Gasteiger partial charge in [-0.2, -0.15) is 0 Å². The number of carbonyl (C=O) groups excluding carboxylic acids is 1. The SMILES string of the molecule is CC(C)c1nnc(CNC(=O)c2cccc(Br)c2)o1. The maximum absolute atomic E-state index is 11.9. The highest BCUT2D eigenvalue weighted by molar-refractivity contribution is 9.10. The molecule has 1 amide bonds. The lowest BCUT2D eigenvalue weighted by atomic mass is 10.2. The van der Waals surface area contributed by atoms with Crippen LogP contribution in [-0.4, -0.2) is 16.1 Å². The number of hydrogen-bond donors (Lipinski definition) is 1. The minimum atomic E-state index is -0.175. The van der Waals surface area contributed by atoms with E-state index in [1.54, 1.807) is 12.1 Å². The van der Waals surface area contributed by atoms with Crippen LogP contribution in [0.2, 0.25) is 0 Å². The van der Waals surface area contributed by atoms with Crippen LogP contribution in [0.15, 0.2) is 33.2 Å². The van der Waals surface area contributed by atoms with Gasteiger partial charge >= 0.3 is 0 Å². The maximum atomic E-state index is 11.9. The highest BCUT2D eigenvalue weighted by Crippen LogP contribution is 2.13. The van der Waals surface area contributed by atoms with Crippen LogP contribution in [0.5, 0.6) is 0 Å². The van der Waals surface area contributed by atoms with Crippen molar-refractivity contribution >= 4 is 21.8 Å². The van der Waals surface area contributed by atoms with Crippen molar-refractivity contribution in [1.82, 2.24) is 15.5 Å². The Morgan fingerprint density at radius 2 is 2.21 bits per heavy atom. The fourth-order valence-electron chi connectivity index (χ4n) is 1.46. The Bertz CT molecular complexity index is 581. The molecule has 1 N–H and O–H groups in total. The molecule has 2 rings (SSSR count). The first-order valence-electron chi connectivity index (χ1n) is 5.92. The lowest BCUT2D eigenvalue weighted by Crippen LogP contribution is -2.22. The van der Waals surface area contributed by atoms with E-state index in [0.717, 1.165) is 4.47 Å². The predicted molar refractivity (Wildman–Crippen MR) is 73.7 cm³/mol. The number of benzene rings is 1. The monoisotopic (exact) mass is 323 g/mol. The number of hydrogen-bond acceptors (Lipinski definition) is 4. The van der Waals surface area contributed by atoms with Crippen molar-refractivity contribution in [3.8, 4) is 0 Å². The van der Waals surface area contributed by atoms with E-state index in [4.69, 9.17) is 4.42 Å². The Kier molecular flexibility index (Phi) is 4.31. The van der Waals surface area contributed by atoms with Crippen LogP contribution < -0.4 is 5.32 Å². The summed E-state index contributed by atoms with van der Waals surface area (Å²) >= 11 is 3.32. The second kappa shape index (κ2) is 5.97. The molecule has 0 fully saturated rings. The Balaban J connectivity index is 1.96. The molecule has 100 valence electrons. The number of rotatable bonds is 4. The molecule has 0 radical (unpaired) electrons. The number of nitrogens with zero attached hydrogens (tertiary/aromatic N) is 2. The normalized spacial score (nSPS) is 10.7. The molecule has 1 aromatic heterocycles. The molecule has 0 aliphatic rings. The first-order chi connectivity index (χ1) is 9.06. The lowest BCUT2D eigenvalue weighted by Gasteiger charge is -2.02. The third kappa shape index (κ3) is 3.64. The number of carbonyl (C=O) groups is 1. The zero-order valence-electron chi connectivity index (χ0n) is 10.7. The third-order valence-electron chi connectivity index (χ3n) is 2.46. The molecule has 5 nitrogen and oxygen atoms in total. The minimum absolute atomic E-state index is 0.175. The quantitative estimate of drug-likeness (QED) is 0.939. The van der Waals surface area contributed by atoms with Crippen LogP contribution in [0.1, 0.15) is 41.9 Å². The summed E-state index contributed by atoms with van der Waals surface area (Å²) in [5.41, 5.74) is 0.581. The molecule has 1 aromatic carbocycles. The molecule has 0 atom stereocenters. The molecule has 1 heterocycles. The topological polar surface area (TPSA) is 68.0 Å². The first kappa shape index (κ1) is 13.7. The smallest absolute Gasteiger partial charge is 0.251 e. The summed E-state index contributed by atoms with van der Waals surface area (Å²) in [7, 11) is 0. The van der Waals surface area contributed by atoms with E-state index in [1.807, 2.05) is 26.0 Å². The van der Waals surface area contributed by atoms with Gasteiger partial charge in [0.1, 0.15) is 0 Å². The van der Waals surface area contributed by atoms with Gasteiger partial charge < -0.3 is 9.73 Å². The molecule has 0 spiro atoms. The van der Waals surface area contributed by atoms with Crippen molar-refractivity contribution in [2.24, 2.45) is 0 Å². The van der Waals surface area contributed by atoms with Crippen molar-refractivity contribution in [1.29, 1.82) is 0 Å². The average Bonchev–Trinajstić information content (AvgIpc) is 2.85. The van der Waals surface area contributed by atoms with Crippen LogP contribution in [0.3, 0.4) is 0 Å². The highest BCUT2D eigenvalue weighted by Gasteiger charge is 2.11. The maximum Gasteiger partial charge on any atom is 0.251 e. The number of amides is 1. The fraction of sp³-hybridized carbons (Fsp3) is 0.308. The Morgan fingerprint density at radius 3 is 2.84 bits per heavy atom. The van der Waals surface area contributed by atoms with E-state index in [2.05, 4.69) is 31.4 Å². The summed E-state index contributed by atoms with van der Waals surface area (Å²) < 4.78 is 6.27. The summed E-state index contributed by atoms with van der Waals surface area (Å²) in [6, 6.07) is 7.17. The average molecular weight is 324 g/mol. The second-order valence-electron chi connectivity index (χ2n) is 4.38. The molecule has 0 saturated carbocycles. The van der Waals surface area contributed by atoms with Gasteiger partial charge in [0.15, 0.2) is 0 Å². The second-order valence-corrected chi connectivity index (χ2v) is 5.30. The molecule has 2 aromatic rings. The van der Waals surface area contributed by atoms with Gasteiger partial charge in [-0.1, -0.05) is 35.8 Å². The molecular formula is C13H14BrN3O2. The molecule has 0 bridgehead atoms. The minimum Gasteiger partial charge on any atom is -0.423 e. The number of aromatic nitrogens is 2. The van der Waals surface area contributed by atoms with Crippen molar-refractivity contribution < 1.29 is 9.21 Å². The Hall–Kier alpha value is -1.69. The first-order valence-corrected chi connectivity index (χ1v) is 6.71. The summed E-state index contributed by atoms with van der Waals surface area (Å²) in [6.45, 7) is 4.17. The summed E-state index contributed by atoms with van der Waals surface area (Å²) in [5, 5.41) is 10.5. The van der Waals surface area contributed by atoms with Crippen LogP contribution in [0.4, 0.5) is 0 Å². The standard InChI is InChI=1S/C13H14BrN3O2/c1-8(2)13-17-16-11(19-13)7-15-12(18)9-4-3-5-10(14)6-9/h3-6,8H,7H2,1-2H3,(H,15,18). The molecule has 19 heavy (non-hydrogen) atoms. The van der Waals surface area contributed by atoms with Crippen molar-refractivity contribution in [3.05, 3.63) is 46.1 Å². The van der Waals surface area contributed by atoms with E-state index in [-0.39, 0.29) is 18.4 Å². The number of nitrogens with one attached hydrogen (secondary N) is 1. The molecule has 0 aliphatic carbocycles. The lowest BCUT2D eigenvalue weighted by molar-refractivity contribution is 0.0947. The van der Waals surface area contributed by atoms with Crippen molar-refractivity contribution in [3.63, 3.8) is 0 Å². The van der Waals surface area contributed by atoms with Gasteiger partial charge in [-0.15, -0.1) is 10.2 Å². The van der Waals surface area contributed by atoms with E-state index < -0.39 is 0 Å². The molecule has 0 unspecified atom stereocenters. The largest absolute Gasteiger partial charge is 0.423 e. The summed E-state index contributed by atoms with van der Waals surface area (Å²) in [6.07, 6.45) is 0. The van der Waals surface area contributed by atoms with Gasteiger partial charge in [-0.05, 0) is 18.2 Å². The number of halogens is 1. The van der Waals surface area contributed by atoms with Crippen LogP contribution in [0, 0.1) is 0 Å². The van der Waals surface area contributed by atoms with E-state index in [9.17, 15) is 4.79 Å². The third-order valence-corrected chi connectivity index (χ3v) is 2.96. The summed E-state index contributed by atoms with van der Waals surface area (Å²) in [5.74, 6) is 0.992. The molecule has 6 heteroatoms. The van der Waals surface area contributed by atoms with Gasteiger partial charge in [-0.25, -0.2) is 0 Å². The molecule has 0 saturated heterocycles. The van der Waals surface area contributed by atoms with Gasteiger partial charge in [0.25, 0.3) is 5.91 Å². The molecule has 0 aliphatic heterocycles. The van der Waals surface area contributed by atoms with Gasteiger partial charge in [0.05, 0.1) is 6.54 Å².